The molecule has 0 bridgehead atoms. The van der Waals surface area contributed by atoms with Crippen LogP contribution in [-0.2, 0) is 4.74 Å². The fraction of sp³-hybridized carbons (Fsp3) is 0.947. The van der Waals surface area contributed by atoms with Crippen molar-refractivity contribution in [1.82, 2.24) is 0 Å². The number of ether oxygens (including phenoxy) is 1. The first-order chi connectivity index (χ1) is 19.2. The van der Waals surface area contributed by atoms with Crippen molar-refractivity contribution in [1.29, 1.82) is 0 Å². The highest BCUT2D eigenvalue weighted by molar-refractivity contribution is 4.87. The maximum Gasteiger partial charge on any atom is 0.0978 e. The van der Waals surface area contributed by atoms with Crippen LogP contribution in [0.3, 0.4) is 0 Å². The summed E-state index contributed by atoms with van der Waals surface area (Å²) in [7, 11) is 0. The van der Waals surface area contributed by atoms with E-state index in [1.165, 1.54) is 205 Å². The molecule has 0 N–H and O–H groups in total. The van der Waals surface area contributed by atoms with Gasteiger partial charge in [-0.3, -0.25) is 0 Å². The number of rotatable bonds is 33. The number of allylic oxidation sites excluding steroid dienone is 1. The molecular formula is C38H76O. The Hall–Kier alpha value is -0.460. The minimum absolute atomic E-state index is 0.444. The summed E-state index contributed by atoms with van der Waals surface area (Å²) in [4.78, 5) is 0. The Morgan fingerprint density at radius 3 is 0.846 bits per heavy atom. The quantitative estimate of drug-likeness (QED) is 0.0585. The lowest BCUT2D eigenvalue weighted by molar-refractivity contribution is 0.119. The number of hydrogen-bond donors (Lipinski definition) is 0. The van der Waals surface area contributed by atoms with E-state index in [-0.39, 0.29) is 0 Å². The minimum atomic E-state index is 0.444. The third kappa shape index (κ3) is 33.6. The Kier molecular flexibility index (Phi) is 33.3. The number of unbranched alkanes of at least 4 members (excludes halogenated alkanes) is 27. The highest BCUT2D eigenvalue weighted by Gasteiger charge is 2.08. The van der Waals surface area contributed by atoms with Crippen LogP contribution in [0, 0.1) is 0 Å². The van der Waals surface area contributed by atoms with E-state index in [4.69, 9.17) is 4.74 Å². The first-order valence-electron chi connectivity index (χ1n) is 18.5. The van der Waals surface area contributed by atoms with Gasteiger partial charge in [-0.1, -0.05) is 187 Å². The second-order valence-corrected chi connectivity index (χ2v) is 13.1. The molecule has 0 saturated heterocycles. The summed E-state index contributed by atoms with van der Waals surface area (Å²) in [6.45, 7) is 8.91. The van der Waals surface area contributed by atoms with Gasteiger partial charge in [0, 0.05) is 0 Å². The highest BCUT2D eigenvalue weighted by Crippen LogP contribution is 2.19. The minimum Gasteiger partial charge on any atom is -0.498 e. The Labute approximate surface area is 249 Å². The van der Waals surface area contributed by atoms with E-state index < -0.39 is 0 Å². The molecule has 0 saturated carbocycles. The molecule has 0 amide bonds. The van der Waals surface area contributed by atoms with Crippen LogP contribution < -0.4 is 0 Å². The van der Waals surface area contributed by atoms with Crippen LogP contribution in [0.15, 0.2) is 11.8 Å². The summed E-state index contributed by atoms with van der Waals surface area (Å²) >= 11 is 0. The van der Waals surface area contributed by atoms with Crippen LogP contribution in [0.5, 0.6) is 0 Å². The zero-order valence-corrected chi connectivity index (χ0v) is 28.0. The van der Waals surface area contributed by atoms with Crippen molar-refractivity contribution in [2.75, 3.05) is 0 Å². The van der Waals surface area contributed by atoms with Crippen LogP contribution >= 0.6 is 0 Å². The van der Waals surface area contributed by atoms with Gasteiger partial charge in [0.1, 0.15) is 0 Å². The van der Waals surface area contributed by atoms with Crippen LogP contribution in [0.4, 0.5) is 0 Å². The SMILES string of the molecule is CCCCCCCCCCCCCCCCCC(CCCCCCCCCCCCCCCC)OC=C(C)C. The van der Waals surface area contributed by atoms with Crippen molar-refractivity contribution in [2.45, 2.75) is 233 Å². The second kappa shape index (κ2) is 33.7. The standard InChI is InChI=1S/C38H76O/c1-5-7-9-11-13-15-17-19-21-23-25-27-29-31-33-35-38(39-36-37(3)4)34-32-30-28-26-24-22-20-18-16-14-12-10-8-6-2/h36,38H,5-35H2,1-4H3. The molecule has 0 rings (SSSR count). The fourth-order valence-electron chi connectivity index (χ4n) is 5.82. The molecule has 234 valence electrons. The maximum absolute atomic E-state index is 6.17. The summed E-state index contributed by atoms with van der Waals surface area (Å²) in [6.07, 6.45) is 46.6. The lowest BCUT2D eigenvalue weighted by Gasteiger charge is -2.17. The van der Waals surface area contributed by atoms with Gasteiger partial charge < -0.3 is 4.74 Å². The van der Waals surface area contributed by atoms with Crippen molar-refractivity contribution in [3.8, 4) is 0 Å². The summed E-state index contributed by atoms with van der Waals surface area (Å²) in [6, 6.07) is 0. The molecule has 0 fully saturated rings. The van der Waals surface area contributed by atoms with Gasteiger partial charge in [-0.05, 0) is 45.1 Å². The molecule has 0 radical (unpaired) electrons. The van der Waals surface area contributed by atoms with Crippen molar-refractivity contribution in [3.05, 3.63) is 11.8 Å². The molecule has 0 spiro atoms. The molecule has 1 heteroatoms. The van der Waals surface area contributed by atoms with Gasteiger partial charge in [0.2, 0.25) is 0 Å². The Bertz CT molecular complexity index is 463. The third-order valence-electron chi connectivity index (χ3n) is 8.51. The average molecular weight is 549 g/mol. The molecule has 1 atom stereocenters. The first-order valence-corrected chi connectivity index (χ1v) is 18.5. The zero-order chi connectivity index (χ0) is 28.5. The predicted octanol–water partition coefficient (Wildman–Crippen LogP) is 14.4. The third-order valence-corrected chi connectivity index (χ3v) is 8.51. The monoisotopic (exact) mass is 549 g/mol. The first kappa shape index (κ1) is 38.5. The van der Waals surface area contributed by atoms with Crippen LogP contribution in [-0.4, -0.2) is 6.10 Å². The average Bonchev–Trinajstić information content (AvgIpc) is 2.93. The molecule has 0 aromatic carbocycles. The van der Waals surface area contributed by atoms with E-state index in [2.05, 4.69) is 27.7 Å². The van der Waals surface area contributed by atoms with Gasteiger partial charge in [0.05, 0.1) is 12.4 Å². The number of hydrogen-bond acceptors (Lipinski definition) is 1. The van der Waals surface area contributed by atoms with Crippen LogP contribution in [0.25, 0.3) is 0 Å². The molecular weight excluding hydrogens is 472 g/mol. The van der Waals surface area contributed by atoms with E-state index in [0.717, 1.165) is 0 Å². The van der Waals surface area contributed by atoms with E-state index >= 15 is 0 Å². The summed E-state index contributed by atoms with van der Waals surface area (Å²) in [5, 5.41) is 0. The lowest BCUT2D eigenvalue weighted by Crippen LogP contribution is -2.10. The molecule has 1 nitrogen and oxygen atoms in total. The lowest BCUT2D eigenvalue weighted by atomic mass is 10.0. The van der Waals surface area contributed by atoms with Gasteiger partial charge >= 0.3 is 0 Å². The topological polar surface area (TPSA) is 9.23 Å². The Morgan fingerprint density at radius 2 is 0.615 bits per heavy atom. The molecule has 39 heavy (non-hydrogen) atoms. The van der Waals surface area contributed by atoms with E-state index in [9.17, 15) is 0 Å². The van der Waals surface area contributed by atoms with E-state index in [1.807, 2.05) is 6.26 Å². The van der Waals surface area contributed by atoms with Crippen LogP contribution in [0.2, 0.25) is 0 Å². The smallest absolute Gasteiger partial charge is 0.0978 e. The molecule has 0 heterocycles. The molecule has 0 aliphatic rings. The second-order valence-electron chi connectivity index (χ2n) is 13.1. The van der Waals surface area contributed by atoms with Crippen molar-refractivity contribution in [2.24, 2.45) is 0 Å². The fourth-order valence-corrected chi connectivity index (χ4v) is 5.82. The maximum atomic E-state index is 6.17. The van der Waals surface area contributed by atoms with Crippen molar-refractivity contribution < 1.29 is 4.74 Å². The summed E-state index contributed by atoms with van der Waals surface area (Å²) in [5.74, 6) is 0. The normalized spacial score (nSPS) is 12.1. The molecule has 0 aromatic rings. The van der Waals surface area contributed by atoms with Crippen LogP contribution in [0.1, 0.15) is 227 Å². The van der Waals surface area contributed by atoms with Gasteiger partial charge in [0.25, 0.3) is 0 Å². The predicted molar refractivity (Wildman–Crippen MR) is 179 cm³/mol. The van der Waals surface area contributed by atoms with Gasteiger partial charge in [-0.15, -0.1) is 0 Å². The molecule has 0 aromatic heterocycles. The molecule has 1 unspecified atom stereocenters. The Balaban J connectivity index is 3.58. The summed E-state index contributed by atoms with van der Waals surface area (Å²) < 4.78 is 6.17. The highest BCUT2D eigenvalue weighted by atomic mass is 16.5. The van der Waals surface area contributed by atoms with Gasteiger partial charge in [-0.25, -0.2) is 0 Å². The molecule has 0 aliphatic carbocycles. The van der Waals surface area contributed by atoms with E-state index in [0.29, 0.717) is 6.10 Å². The van der Waals surface area contributed by atoms with Gasteiger partial charge in [-0.2, -0.15) is 0 Å². The Morgan fingerprint density at radius 1 is 0.385 bits per heavy atom. The van der Waals surface area contributed by atoms with Crippen molar-refractivity contribution >= 4 is 0 Å². The van der Waals surface area contributed by atoms with E-state index in [1.54, 1.807) is 0 Å². The summed E-state index contributed by atoms with van der Waals surface area (Å²) in [5.41, 5.74) is 1.29. The molecule has 0 aliphatic heterocycles. The van der Waals surface area contributed by atoms with Crippen molar-refractivity contribution in [3.63, 3.8) is 0 Å². The van der Waals surface area contributed by atoms with Gasteiger partial charge in [0.15, 0.2) is 0 Å². The zero-order valence-electron chi connectivity index (χ0n) is 28.0. The largest absolute Gasteiger partial charge is 0.498 e.